The van der Waals surface area contributed by atoms with E-state index in [1.807, 2.05) is 6.92 Å². The van der Waals surface area contributed by atoms with E-state index in [4.69, 9.17) is 11.2 Å². The van der Waals surface area contributed by atoms with Crippen LogP contribution in [0.3, 0.4) is 0 Å². The molecule has 0 heterocycles. The maximum Gasteiger partial charge on any atom is 0.172 e. The van der Waals surface area contributed by atoms with Gasteiger partial charge in [-0.15, -0.1) is 6.42 Å². The molecule has 62 valence electrons. The van der Waals surface area contributed by atoms with Crippen molar-refractivity contribution in [1.82, 2.24) is 5.32 Å². The van der Waals surface area contributed by atoms with Crippen LogP contribution in [-0.2, 0) is 9.53 Å². The maximum absolute atomic E-state index is 10.8. The molecule has 0 aliphatic heterocycles. The zero-order valence-electron chi connectivity index (χ0n) is 6.72. The Balaban J connectivity index is 3.17. The molecule has 0 unspecified atom stereocenters. The van der Waals surface area contributed by atoms with Crippen molar-refractivity contribution < 1.29 is 9.53 Å². The summed E-state index contributed by atoms with van der Waals surface area (Å²) < 4.78 is 4.88. The molecule has 0 fully saturated rings. The lowest BCUT2D eigenvalue weighted by molar-refractivity contribution is -0.122. The average molecular weight is 155 g/mol. The summed E-state index contributed by atoms with van der Waals surface area (Å²) in [5.74, 6) is 2.40. The Hall–Kier alpha value is -0.850. The van der Waals surface area contributed by atoms with E-state index in [0.29, 0.717) is 19.7 Å². The molecule has 0 aromatic carbocycles. The van der Waals surface area contributed by atoms with E-state index in [-0.39, 0.29) is 12.4 Å². The second-order valence-electron chi connectivity index (χ2n) is 1.98. The van der Waals surface area contributed by atoms with Gasteiger partial charge in [-0.1, -0.05) is 5.92 Å². The Bertz CT molecular complexity index is 149. The summed E-state index contributed by atoms with van der Waals surface area (Å²) in [6, 6.07) is 0. The first-order valence-electron chi connectivity index (χ1n) is 3.55. The van der Waals surface area contributed by atoms with Gasteiger partial charge in [0.05, 0.1) is 13.1 Å². The molecule has 3 heteroatoms. The second-order valence-corrected chi connectivity index (χ2v) is 1.98. The molecule has 0 bridgehead atoms. The van der Waals surface area contributed by atoms with Crippen molar-refractivity contribution in [3.63, 3.8) is 0 Å². The van der Waals surface area contributed by atoms with Crippen LogP contribution >= 0.6 is 0 Å². The van der Waals surface area contributed by atoms with Gasteiger partial charge in [-0.2, -0.15) is 0 Å². The summed E-state index contributed by atoms with van der Waals surface area (Å²) in [6.07, 6.45) is 4.96. The smallest absolute Gasteiger partial charge is 0.172 e. The number of ketones is 1. The molecule has 0 aromatic heterocycles. The Labute approximate surface area is 67.1 Å². The van der Waals surface area contributed by atoms with Crippen molar-refractivity contribution in [1.29, 1.82) is 0 Å². The van der Waals surface area contributed by atoms with Crippen LogP contribution in [0.25, 0.3) is 0 Å². The fraction of sp³-hybridized carbons (Fsp3) is 0.625. The summed E-state index contributed by atoms with van der Waals surface area (Å²) >= 11 is 0. The molecule has 0 saturated heterocycles. The summed E-state index contributed by atoms with van der Waals surface area (Å²) in [5, 5.41) is 2.78. The van der Waals surface area contributed by atoms with Crippen LogP contribution < -0.4 is 5.32 Å². The highest BCUT2D eigenvalue weighted by molar-refractivity contribution is 5.81. The molecular formula is C8H13NO2. The number of terminal acetylenes is 1. The van der Waals surface area contributed by atoms with Crippen molar-refractivity contribution in [3.8, 4) is 12.3 Å². The van der Waals surface area contributed by atoms with Gasteiger partial charge in [0.2, 0.25) is 0 Å². The van der Waals surface area contributed by atoms with E-state index in [1.165, 1.54) is 0 Å². The number of carbonyl (C=O) groups is 1. The largest absolute Gasteiger partial charge is 0.374 e. The molecule has 0 rings (SSSR count). The van der Waals surface area contributed by atoms with Crippen LogP contribution in [-0.4, -0.2) is 32.1 Å². The van der Waals surface area contributed by atoms with Gasteiger partial charge >= 0.3 is 0 Å². The first-order valence-corrected chi connectivity index (χ1v) is 3.55. The van der Waals surface area contributed by atoms with E-state index in [0.717, 1.165) is 0 Å². The van der Waals surface area contributed by atoms with E-state index in [9.17, 15) is 4.79 Å². The van der Waals surface area contributed by atoms with Crippen molar-refractivity contribution in [3.05, 3.63) is 0 Å². The van der Waals surface area contributed by atoms with Gasteiger partial charge in [-0.3, -0.25) is 10.1 Å². The Kier molecular flexibility index (Phi) is 6.70. The monoisotopic (exact) mass is 155 g/mol. The summed E-state index contributed by atoms with van der Waals surface area (Å²) in [4.78, 5) is 10.8. The molecule has 0 saturated carbocycles. The van der Waals surface area contributed by atoms with Crippen molar-refractivity contribution in [2.24, 2.45) is 0 Å². The van der Waals surface area contributed by atoms with Crippen LogP contribution in [0.5, 0.6) is 0 Å². The van der Waals surface area contributed by atoms with Gasteiger partial charge in [0.15, 0.2) is 5.78 Å². The van der Waals surface area contributed by atoms with Gasteiger partial charge < -0.3 is 4.74 Å². The highest BCUT2D eigenvalue weighted by Gasteiger charge is 1.98. The molecule has 0 radical (unpaired) electrons. The van der Waals surface area contributed by atoms with Crippen molar-refractivity contribution in [2.45, 2.75) is 6.92 Å². The fourth-order valence-electron chi connectivity index (χ4n) is 0.541. The average Bonchev–Trinajstić information content (AvgIpc) is 2.01. The van der Waals surface area contributed by atoms with Gasteiger partial charge in [0.25, 0.3) is 0 Å². The zero-order valence-corrected chi connectivity index (χ0v) is 6.72. The first kappa shape index (κ1) is 10.2. The predicted molar refractivity (Wildman–Crippen MR) is 43.2 cm³/mol. The molecule has 11 heavy (non-hydrogen) atoms. The number of rotatable bonds is 6. The molecule has 0 aliphatic rings. The third-order valence-electron chi connectivity index (χ3n) is 1.02. The first-order chi connectivity index (χ1) is 5.31. The molecule has 0 spiro atoms. The number of Topliss-reactive ketones (excluding diaryl/α,β-unsaturated/α-hetero) is 1. The van der Waals surface area contributed by atoms with Gasteiger partial charge in [0, 0.05) is 6.61 Å². The topological polar surface area (TPSA) is 38.3 Å². The molecule has 0 amide bonds. The highest BCUT2D eigenvalue weighted by atomic mass is 16.5. The van der Waals surface area contributed by atoms with Gasteiger partial charge in [-0.05, 0) is 6.92 Å². The third kappa shape index (κ3) is 7.04. The quantitative estimate of drug-likeness (QED) is 0.427. The summed E-state index contributed by atoms with van der Waals surface area (Å²) in [7, 11) is 0. The van der Waals surface area contributed by atoms with E-state index in [1.54, 1.807) is 0 Å². The minimum absolute atomic E-state index is 0.0297. The lowest BCUT2D eigenvalue weighted by Gasteiger charge is -1.99. The number of hydrogen-bond donors (Lipinski definition) is 1. The van der Waals surface area contributed by atoms with Gasteiger partial charge in [0.1, 0.15) is 6.61 Å². The maximum atomic E-state index is 10.8. The summed E-state index contributed by atoms with van der Waals surface area (Å²) in [6.45, 7) is 3.32. The predicted octanol–water partition coefficient (Wildman–Crippen LogP) is -0.185. The Morgan fingerprint density at radius 1 is 1.73 bits per heavy atom. The normalized spacial score (nSPS) is 9.09. The van der Waals surface area contributed by atoms with E-state index < -0.39 is 0 Å². The molecule has 0 atom stereocenters. The molecule has 0 aromatic rings. The van der Waals surface area contributed by atoms with Crippen LogP contribution in [0.1, 0.15) is 6.92 Å². The summed E-state index contributed by atoms with van der Waals surface area (Å²) in [5.41, 5.74) is 0. The lowest BCUT2D eigenvalue weighted by atomic mass is 10.4. The molecular weight excluding hydrogens is 142 g/mol. The van der Waals surface area contributed by atoms with Crippen LogP contribution in [0.2, 0.25) is 0 Å². The number of carbonyl (C=O) groups excluding carboxylic acids is 1. The Morgan fingerprint density at radius 2 is 2.45 bits per heavy atom. The van der Waals surface area contributed by atoms with E-state index in [2.05, 4.69) is 11.2 Å². The van der Waals surface area contributed by atoms with Crippen LogP contribution in [0.4, 0.5) is 0 Å². The second kappa shape index (κ2) is 7.26. The van der Waals surface area contributed by atoms with Crippen molar-refractivity contribution >= 4 is 5.78 Å². The lowest BCUT2D eigenvalue weighted by Crippen LogP contribution is -2.26. The highest BCUT2D eigenvalue weighted by Crippen LogP contribution is 1.75. The number of ether oxygens (including phenoxy) is 1. The minimum atomic E-state index is 0.0297. The number of nitrogens with one attached hydrogen (secondary N) is 1. The SMILES string of the molecule is C#CCNCC(=O)COCC. The third-order valence-corrected chi connectivity index (χ3v) is 1.02. The van der Waals surface area contributed by atoms with Gasteiger partial charge in [-0.25, -0.2) is 0 Å². The van der Waals surface area contributed by atoms with Crippen LogP contribution in [0, 0.1) is 12.3 Å². The number of hydrogen-bond acceptors (Lipinski definition) is 3. The fourth-order valence-corrected chi connectivity index (χ4v) is 0.541. The van der Waals surface area contributed by atoms with Crippen LogP contribution in [0.15, 0.2) is 0 Å². The molecule has 1 N–H and O–H groups in total. The standard InChI is InChI=1S/C8H13NO2/c1-3-5-9-6-8(10)7-11-4-2/h1,9H,4-7H2,2H3. The Morgan fingerprint density at radius 3 is 3.00 bits per heavy atom. The molecule has 0 aliphatic carbocycles. The minimum Gasteiger partial charge on any atom is -0.374 e. The zero-order chi connectivity index (χ0) is 8.53. The van der Waals surface area contributed by atoms with E-state index >= 15 is 0 Å². The van der Waals surface area contributed by atoms with Crippen molar-refractivity contribution in [2.75, 3.05) is 26.3 Å². The molecule has 3 nitrogen and oxygen atoms in total.